The van der Waals surface area contributed by atoms with Crippen LogP contribution in [-0.2, 0) is 0 Å². The Morgan fingerprint density at radius 2 is 2.06 bits per heavy atom. The van der Waals surface area contributed by atoms with Crippen molar-refractivity contribution in [2.24, 2.45) is 0 Å². The largest absolute Gasteiger partial charge is 0.496 e. The minimum absolute atomic E-state index is 0.0158. The summed E-state index contributed by atoms with van der Waals surface area (Å²) in [6.45, 7) is 0.288. The van der Waals surface area contributed by atoms with Crippen LogP contribution in [0.5, 0.6) is 11.5 Å². The Morgan fingerprint density at radius 3 is 2.56 bits per heavy atom. The molecule has 1 aromatic rings. The fourth-order valence-electron chi connectivity index (χ4n) is 1.55. The Labute approximate surface area is 94.0 Å². The zero-order valence-electron chi connectivity index (χ0n) is 9.58. The van der Waals surface area contributed by atoms with Gasteiger partial charge in [0.15, 0.2) is 11.6 Å². The van der Waals surface area contributed by atoms with E-state index in [1.807, 2.05) is 0 Å². The topological polar surface area (TPSA) is 50.7 Å². The molecular formula is C11H16FNO3. The zero-order valence-corrected chi connectivity index (χ0v) is 9.58. The Bertz CT molecular complexity index is 357. The highest BCUT2D eigenvalue weighted by Crippen LogP contribution is 2.35. The zero-order chi connectivity index (χ0) is 12.1. The van der Waals surface area contributed by atoms with Crippen LogP contribution in [0, 0.1) is 5.82 Å². The first-order chi connectivity index (χ1) is 7.65. The highest BCUT2D eigenvalue weighted by Gasteiger charge is 2.21. The molecule has 0 aliphatic carbocycles. The van der Waals surface area contributed by atoms with Crippen LogP contribution in [-0.4, -0.2) is 32.9 Å². The highest BCUT2D eigenvalue weighted by atomic mass is 19.1. The van der Waals surface area contributed by atoms with Gasteiger partial charge >= 0.3 is 0 Å². The normalized spacial score (nSPS) is 12.3. The van der Waals surface area contributed by atoms with Gasteiger partial charge in [-0.2, -0.15) is 0 Å². The molecular weight excluding hydrogens is 213 g/mol. The van der Waals surface area contributed by atoms with Crippen molar-refractivity contribution in [3.63, 3.8) is 0 Å². The molecule has 1 rings (SSSR count). The summed E-state index contributed by atoms with van der Waals surface area (Å²) in [6, 6.07) is 2.71. The molecule has 0 saturated carbocycles. The number of ether oxygens (including phenoxy) is 2. The fourth-order valence-corrected chi connectivity index (χ4v) is 1.55. The molecule has 0 saturated heterocycles. The Hall–Kier alpha value is -1.33. The fraction of sp³-hybridized carbons (Fsp3) is 0.455. The number of nitrogens with one attached hydrogen (secondary N) is 1. The van der Waals surface area contributed by atoms with Gasteiger partial charge in [-0.15, -0.1) is 0 Å². The monoisotopic (exact) mass is 229 g/mol. The van der Waals surface area contributed by atoms with Crippen LogP contribution >= 0.6 is 0 Å². The molecule has 0 amide bonds. The maximum absolute atomic E-state index is 13.5. The van der Waals surface area contributed by atoms with E-state index in [0.717, 1.165) is 0 Å². The molecule has 90 valence electrons. The van der Waals surface area contributed by atoms with Gasteiger partial charge < -0.3 is 19.9 Å². The van der Waals surface area contributed by atoms with E-state index in [1.54, 1.807) is 7.05 Å². The van der Waals surface area contributed by atoms with Crippen molar-refractivity contribution in [1.29, 1.82) is 0 Å². The van der Waals surface area contributed by atoms with Gasteiger partial charge in [-0.1, -0.05) is 0 Å². The van der Waals surface area contributed by atoms with Gasteiger partial charge in [0.05, 0.1) is 25.9 Å². The van der Waals surface area contributed by atoms with Crippen LogP contribution in [0.4, 0.5) is 4.39 Å². The summed E-state index contributed by atoms with van der Waals surface area (Å²) >= 11 is 0. The van der Waals surface area contributed by atoms with Gasteiger partial charge in [0.1, 0.15) is 5.75 Å². The van der Waals surface area contributed by atoms with Gasteiger partial charge in [-0.3, -0.25) is 0 Å². The Morgan fingerprint density at radius 1 is 1.38 bits per heavy atom. The van der Waals surface area contributed by atoms with Crippen LogP contribution in [0.25, 0.3) is 0 Å². The van der Waals surface area contributed by atoms with Gasteiger partial charge in [0.25, 0.3) is 0 Å². The summed E-state index contributed by atoms with van der Waals surface area (Å²) in [6.07, 6.45) is -0.884. The molecule has 0 bridgehead atoms. The number of hydrogen-bond acceptors (Lipinski definition) is 4. The number of halogens is 1. The minimum Gasteiger partial charge on any atom is -0.496 e. The van der Waals surface area contributed by atoms with E-state index in [2.05, 4.69) is 5.32 Å². The second-order valence-corrected chi connectivity index (χ2v) is 3.27. The third-order valence-corrected chi connectivity index (χ3v) is 2.26. The van der Waals surface area contributed by atoms with Gasteiger partial charge in [-0.25, -0.2) is 4.39 Å². The predicted molar refractivity (Wildman–Crippen MR) is 58.4 cm³/mol. The molecule has 0 aromatic heterocycles. The number of rotatable bonds is 5. The van der Waals surface area contributed by atoms with Crippen molar-refractivity contribution in [1.82, 2.24) is 5.32 Å². The third kappa shape index (κ3) is 2.43. The van der Waals surface area contributed by atoms with E-state index < -0.39 is 11.9 Å². The maximum Gasteiger partial charge on any atom is 0.165 e. The van der Waals surface area contributed by atoms with Crippen molar-refractivity contribution < 1.29 is 19.0 Å². The number of aliphatic hydroxyl groups is 1. The van der Waals surface area contributed by atoms with Crippen LogP contribution < -0.4 is 14.8 Å². The molecule has 1 atom stereocenters. The quantitative estimate of drug-likeness (QED) is 0.793. The average molecular weight is 229 g/mol. The van der Waals surface area contributed by atoms with Gasteiger partial charge in [0.2, 0.25) is 0 Å². The summed E-state index contributed by atoms with van der Waals surface area (Å²) in [5, 5.41) is 12.7. The third-order valence-electron chi connectivity index (χ3n) is 2.26. The summed E-state index contributed by atoms with van der Waals surface area (Å²) in [5.74, 6) is -0.100. The number of benzene rings is 1. The second kappa shape index (κ2) is 5.67. The predicted octanol–water partition coefficient (Wildman–Crippen LogP) is 1.10. The van der Waals surface area contributed by atoms with Gasteiger partial charge in [-0.05, 0) is 19.2 Å². The molecule has 0 heterocycles. The van der Waals surface area contributed by atoms with Crippen LogP contribution in [0.3, 0.4) is 0 Å². The molecule has 5 heteroatoms. The lowest BCUT2D eigenvalue weighted by Crippen LogP contribution is -2.18. The second-order valence-electron chi connectivity index (χ2n) is 3.27. The van der Waals surface area contributed by atoms with E-state index in [0.29, 0.717) is 11.3 Å². The van der Waals surface area contributed by atoms with Crippen molar-refractivity contribution in [3.05, 3.63) is 23.5 Å². The minimum atomic E-state index is -0.884. The van der Waals surface area contributed by atoms with Gasteiger partial charge in [0, 0.05) is 6.54 Å². The SMILES string of the molecule is CNCC(O)c1c(OC)ccc(F)c1OC. The number of aliphatic hydroxyl groups excluding tert-OH is 1. The molecule has 1 aromatic carbocycles. The van der Waals surface area contributed by atoms with Crippen molar-refractivity contribution in [2.75, 3.05) is 27.8 Å². The first-order valence-corrected chi connectivity index (χ1v) is 4.88. The lowest BCUT2D eigenvalue weighted by Gasteiger charge is -2.18. The summed E-state index contributed by atoms with van der Waals surface area (Å²) in [7, 11) is 4.51. The number of hydrogen-bond donors (Lipinski definition) is 2. The summed E-state index contributed by atoms with van der Waals surface area (Å²) < 4.78 is 23.5. The molecule has 1 unspecified atom stereocenters. The standard InChI is InChI=1S/C11H16FNO3/c1-13-6-8(14)10-9(15-2)5-4-7(12)11(10)16-3/h4-5,8,13-14H,6H2,1-3H3. The lowest BCUT2D eigenvalue weighted by molar-refractivity contribution is 0.167. The van der Waals surface area contributed by atoms with Crippen LogP contribution in [0.2, 0.25) is 0 Å². The number of likely N-dealkylation sites (N-methyl/N-ethyl adjacent to an activating group) is 1. The molecule has 0 radical (unpaired) electrons. The van der Waals surface area contributed by atoms with Crippen molar-refractivity contribution in [3.8, 4) is 11.5 Å². The first-order valence-electron chi connectivity index (χ1n) is 4.88. The lowest BCUT2D eigenvalue weighted by atomic mass is 10.1. The molecule has 0 spiro atoms. The van der Waals surface area contributed by atoms with E-state index in [9.17, 15) is 9.50 Å². The van der Waals surface area contributed by atoms with Crippen molar-refractivity contribution in [2.45, 2.75) is 6.10 Å². The average Bonchev–Trinajstić information content (AvgIpc) is 2.28. The summed E-state index contributed by atoms with van der Waals surface area (Å²) in [5.41, 5.74) is 0.319. The van der Waals surface area contributed by atoms with E-state index in [1.165, 1.54) is 26.4 Å². The molecule has 4 nitrogen and oxygen atoms in total. The smallest absolute Gasteiger partial charge is 0.165 e. The molecule has 2 N–H and O–H groups in total. The first kappa shape index (κ1) is 12.7. The van der Waals surface area contributed by atoms with E-state index >= 15 is 0 Å². The Balaban J connectivity index is 3.24. The van der Waals surface area contributed by atoms with Crippen LogP contribution in [0.1, 0.15) is 11.7 Å². The maximum atomic E-state index is 13.5. The van der Waals surface area contributed by atoms with E-state index in [-0.39, 0.29) is 12.3 Å². The molecule has 0 aliphatic rings. The number of methoxy groups -OCH3 is 2. The van der Waals surface area contributed by atoms with Crippen molar-refractivity contribution >= 4 is 0 Å². The molecule has 0 aliphatic heterocycles. The highest BCUT2D eigenvalue weighted by molar-refractivity contribution is 5.47. The van der Waals surface area contributed by atoms with Crippen LogP contribution in [0.15, 0.2) is 12.1 Å². The summed E-state index contributed by atoms with van der Waals surface area (Å²) in [4.78, 5) is 0. The molecule has 16 heavy (non-hydrogen) atoms. The molecule has 0 fully saturated rings. The van der Waals surface area contributed by atoms with E-state index in [4.69, 9.17) is 9.47 Å². The Kier molecular flexibility index (Phi) is 4.52.